The molecular weight excluding hydrogens is 512 g/mol. The molecule has 0 aliphatic carbocycles. The highest BCUT2D eigenvalue weighted by Crippen LogP contribution is 2.31. The number of piperazine rings is 1. The van der Waals surface area contributed by atoms with Crippen LogP contribution in [0.5, 0.6) is 11.5 Å². The van der Waals surface area contributed by atoms with Gasteiger partial charge in [-0.15, -0.1) is 10.2 Å². The summed E-state index contributed by atoms with van der Waals surface area (Å²) in [7, 11) is 3.21. The van der Waals surface area contributed by atoms with Crippen LogP contribution < -0.4 is 14.4 Å². The van der Waals surface area contributed by atoms with Crippen LogP contribution in [0, 0.1) is 5.92 Å². The molecular formula is C29H42N6O5. The lowest BCUT2D eigenvalue weighted by molar-refractivity contribution is -0.141. The summed E-state index contributed by atoms with van der Waals surface area (Å²) in [6.07, 6.45) is 0.447. The van der Waals surface area contributed by atoms with Crippen LogP contribution in [0.3, 0.4) is 0 Å². The molecule has 2 fully saturated rings. The van der Waals surface area contributed by atoms with Crippen LogP contribution in [0.4, 0.5) is 5.82 Å². The lowest BCUT2D eigenvalue weighted by atomic mass is 10.1. The second-order valence-corrected chi connectivity index (χ2v) is 10.6. The zero-order valence-electron chi connectivity index (χ0n) is 24.2. The van der Waals surface area contributed by atoms with Gasteiger partial charge in [0.25, 0.3) is 0 Å². The lowest BCUT2D eigenvalue weighted by Gasteiger charge is -2.36. The highest BCUT2D eigenvalue weighted by molar-refractivity contribution is 5.85. The van der Waals surface area contributed by atoms with Gasteiger partial charge in [0.05, 0.1) is 39.7 Å². The van der Waals surface area contributed by atoms with Crippen molar-refractivity contribution in [2.24, 2.45) is 5.92 Å². The van der Waals surface area contributed by atoms with Crippen molar-refractivity contribution in [3.05, 3.63) is 30.3 Å². The predicted octanol–water partition coefficient (Wildman–Crippen LogP) is 2.02. The van der Waals surface area contributed by atoms with E-state index in [1.807, 2.05) is 49.1 Å². The molecule has 2 amide bonds. The molecule has 0 unspecified atom stereocenters. The van der Waals surface area contributed by atoms with Gasteiger partial charge in [0, 0.05) is 64.3 Å². The molecule has 0 N–H and O–H groups in total. The van der Waals surface area contributed by atoms with E-state index in [-0.39, 0.29) is 24.3 Å². The van der Waals surface area contributed by atoms with Crippen LogP contribution in [0.2, 0.25) is 0 Å². The Kier molecular flexibility index (Phi) is 10.5. The quantitative estimate of drug-likeness (QED) is 0.413. The molecule has 2 saturated heterocycles. The zero-order chi connectivity index (χ0) is 28.5. The van der Waals surface area contributed by atoms with Crippen molar-refractivity contribution in [3.63, 3.8) is 0 Å². The molecule has 0 saturated carbocycles. The van der Waals surface area contributed by atoms with E-state index in [0.717, 1.165) is 36.7 Å². The average molecular weight is 555 g/mol. The van der Waals surface area contributed by atoms with Gasteiger partial charge in [-0.25, -0.2) is 0 Å². The molecule has 0 radical (unpaired) electrons. The third-order valence-electron chi connectivity index (χ3n) is 7.34. The summed E-state index contributed by atoms with van der Waals surface area (Å²) in [6, 6.07) is 9.54. The van der Waals surface area contributed by atoms with E-state index in [2.05, 4.69) is 20.0 Å². The Bertz CT molecular complexity index is 1110. The summed E-state index contributed by atoms with van der Waals surface area (Å²) in [5.74, 6) is 2.35. The van der Waals surface area contributed by atoms with E-state index in [4.69, 9.17) is 14.2 Å². The summed E-state index contributed by atoms with van der Waals surface area (Å²) in [5, 5.41) is 8.87. The molecule has 2 aliphatic heterocycles. The summed E-state index contributed by atoms with van der Waals surface area (Å²) < 4.78 is 16.1. The molecule has 0 spiro atoms. The molecule has 1 aromatic heterocycles. The second kappa shape index (κ2) is 14.3. The summed E-state index contributed by atoms with van der Waals surface area (Å²) in [4.78, 5) is 34.2. The lowest BCUT2D eigenvalue weighted by Crippen LogP contribution is -2.53. The van der Waals surface area contributed by atoms with E-state index in [1.165, 1.54) is 0 Å². The Balaban J connectivity index is 1.31. The number of anilines is 1. The Labute approximate surface area is 237 Å². The number of methoxy groups -OCH3 is 2. The molecule has 2 aliphatic rings. The molecule has 1 aromatic carbocycles. The monoisotopic (exact) mass is 554 g/mol. The van der Waals surface area contributed by atoms with Crippen LogP contribution >= 0.6 is 0 Å². The number of aromatic nitrogens is 2. The van der Waals surface area contributed by atoms with Gasteiger partial charge in [-0.2, -0.15) is 0 Å². The number of carbonyl (C=O) groups excluding carboxylic acids is 2. The maximum Gasteiger partial charge on any atom is 0.242 e. The van der Waals surface area contributed by atoms with E-state index in [0.29, 0.717) is 63.9 Å². The van der Waals surface area contributed by atoms with Gasteiger partial charge in [0.15, 0.2) is 17.3 Å². The molecule has 4 rings (SSSR count). The molecule has 11 heteroatoms. The largest absolute Gasteiger partial charge is 0.493 e. The first-order valence-corrected chi connectivity index (χ1v) is 14.0. The molecule has 0 atom stereocenters. The van der Waals surface area contributed by atoms with E-state index < -0.39 is 0 Å². The maximum atomic E-state index is 13.2. The highest BCUT2D eigenvalue weighted by Gasteiger charge is 2.26. The first-order valence-electron chi connectivity index (χ1n) is 14.0. The number of benzene rings is 1. The van der Waals surface area contributed by atoms with Crippen molar-refractivity contribution in [1.82, 2.24) is 24.9 Å². The molecule has 0 bridgehead atoms. The first kappa shape index (κ1) is 29.5. The van der Waals surface area contributed by atoms with Gasteiger partial charge in [0.1, 0.15) is 0 Å². The Morgan fingerprint density at radius 1 is 0.950 bits per heavy atom. The van der Waals surface area contributed by atoms with Crippen molar-refractivity contribution in [1.29, 1.82) is 0 Å². The second-order valence-electron chi connectivity index (χ2n) is 10.6. The van der Waals surface area contributed by atoms with Crippen molar-refractivity contribution in [2.45, 2.75) is 20.3 Å². The SMILES string of the molecule is COc1ccc(-c2ccc(N3CCN(C(=O)CN(CCN4CCOCC4)C(=O)CC(C)C)CC3)nn2)cc1OC. The van der Waals surface area contributed by atoms with Crippen molar-refractivity contribution >= 4 is 17.6 Å². The number of morpholine rings is 1. The normalized spacial score (nSPS) is 16.2. The number of nitrogens with zero attached hydrogens (tertiary/aromatic N) is 6. The third kappa shape index (κ3) is 7.82. The van der Waals surface area contributed by atoms with Gasteiger partial charge >= 0.3 is 0 Å². The number of hydrogen-bond donors (Lipinski definition) is 0. The summed E-state index contributed by atoms with van der Waals surface area (Å²) >= 11 is 0. The van der Waals surface area contributed by atoms with Gasteiger partial charge < -0.3 is 28.9 Å². The van der Waals surface area contributed by atoms with Crippen molar-refractivity contribution in [3.8, 4) is 22.8 Å². The van der Waals surface area contributed by atoms with Crippen molar-refractivity contribution in [2.75, 3.05) is 91.2 Å². The molecule has 11 nitrogen and oxygen atoms in total. The molecule has 2 aromatic rings. The molecule has 3 heterocycles. The van der Waals surface area contributed by atoms with Crippen LogP contribution in [-0.4, -0.2) is 123 Å². The number of ether oxygens (including phenoxy) is 3. The van der Waals surface area contributed by atoms with Crippen LogP contribution in [0.25, 0.3) is 11.3 Å². The number of amides is 2. The summed E-state index contributed by atoms with van der Waals surface area (Å²) in [5.41, 5.74) is 1.62. The zero-order valence-corrected chi connectivity index (χ0v) is 24.2. The van der Waals surface area contributed by atoms with Crippen LogP contribution in [-0.2, 0) is 14.3 Å². The van der Waals surface area contributed by atoms with Gasteiger partial charge in [0.2, 0.25) is 11.8 Å². The third-order valence-corrected chi connectivity index (χ3v) is 7.34. The standard InChI is InChI=1S/C29H42N6O5/c1-22(2)19-28(36)35(10-9-32-15-17-40-18-16-32)21-29(37)34-13-11-33(12-14-34)27-8-6-24(30-31-27)23-5-7-25(38-3)26(20-23)39-4/h5-8,20,22H,9-19,21H2,1-4H3. The van der Waals surface area contributed by atoms with Gasteiger partial charge in [-0.05, 0) is 36.2 Å². The number of rotatable bonds is 11. The minimum Gasteiger partial charge on any atom is -0.493 e. The fourth-order valence-electron chi connectivity index (χ4n) is 4.95. The highest BCUT2D eigenvalue weighted by atomic mass is 16.5. The first-order chi connectivity index (χ1) is 19.4. The Morgan fingerprint density at radius 3 is 2.30 bits per heavy atom. The number of hydrogen-bond acceptors (Lipinski definition) is 9. The minimum absolute atomic E-state index is 0.00591. The maximum absolute atomic E-state index is 13.2. The van der Waals surface area contributed by atoms with Crippen LogP contribution in [0.15, 0.2) is 30.3 Å². The number of carbonyl (C=O) groups is 2. The molecule has 218 valence electrons. The van der Waals surface area contributed by atoms with Gasteiger partial charge in [-0.1, -0.05) is 13.8 Å². The smallest absolute Gasteiger partial charge is 0.242 e. The minimum atomic E-state index is -0.00591. The summed E-state index contributed by atoms with van der Waals surface area (Å²) in [6.45, 7) is 11.1. The Morgan fingerprint density at radius 2 is 1.68 bits per heavy atom. The van der Waals surface area contributed by atoms with Crippen molar-refractivity contribution < 1.29 is 23.8 Å². The van der Waals surface area contributed by atoms with Gasteiger partial charge in [-0.3, -0.25) is 14.5 Å². The average Bonchev–Trinajstić information content (AvgIpc) is 2.99. The Hall–Kier alpha value is -3.44. The fourth-order valence-corrected chi connectivity index (χ4v) is 4.95. The van der Waals surface area contributed by atoms with E-state index >= 15 is 0 Å². The van der Waals surface area contributed by atoms with E-state index in [9.17, 15) is 9.59 Å². The van der Waals surface area contributed by atoms with Crippen LogP contribution in [0.1, 0.15) is 20.3 Å². The topological polar surface area (TPSA) is 101 Å². The predicted molar refractivity (Wildman–Crippen MR) is 153 cm³/mol. The van der Waals surface area contributed by atoms with E-state index in [1.54, 1.807) is 19.1 Å². The molecule has 40 heavy (non-hydrogen) atoms. The fraction of sp³-hybridized carbons (Fsp3) is 0.586.